The molecule has 3 aromatic rings. The van der Waals surface area contributed by atoms with E-state index in [4.69, 9.17) is 9.31 Å². The van der Waals surface area contributed by atoms with Gasteiger partial charge in [0.25, 0.3) is 0 Å². The lowest BCUT2D eigenvalue weighted by atomic mass is 9.78. The summed E-state index contributed by atoms with van der Waals surface area (Å²) in [6.45, 7) is 7.75. The van der Waals surface area contributed by atoms with E-state index in [1.807, 2.05) is 27.7 Å². The zero-order valence-electron chi connectivity index (χ0n) is 16.7. The molecule has 0 radical (unpaired) electrons. The first-order chi connectivity index (χ1) is 13.5. The molecular weight excluding hydrogens is 378 g/mol. The number of rotatable bonds is 3. The average molecular weight is 399 g/mol. The van der Waals surface area contributed by atoms with Crippen LogP contribution in [0.2, 0.25) is 0 Å². The Morgan fingerprint density at radius 1 is 0.862 bits per heavy atom. The van der Waals surface area contributed by atoms with Crippen molar-refractivity contribution in [2.45, 2.75) is 45.3 Å². The second-order valence-electron chi connectivity index (χ2n) is 8.44. The van der Waals surface area contributed by atoms with Crippen LogP contribution in [0, 0.1) is 17.5 Å². The van der Waals surface area contributed by atoms with Crippen molar-refractivity contribution >= 4 is 23.4 Å². The van der Waals surface area contributed by atoms with Crippen LogP contribution in [0.3, 0.4) is 0 Å². The van der Waals surface area contributed by atoms with Gasteiger partial charge in [-0.25, -0.2) is 13.2 Å². The summed E-state index contributed by atoms with van der Waals surface area (Å²) in [5, 5.41) is 0.982. The molecule has 150 valence electrons. The van der Waals surface area contributed by atoms with Crippen molar-refractivity contribution in [3.8, 4) is 0 Å². The normalized spacial score (nSPS) is 17.8. The van der Waals surface area contributed by atoms with Crippen LogP contribution in [0.5, 0.6) is 0 Å². The number of halogens is 3. The van der Waals surface area contributed by atoms with Gasteiger partial charge < -0.3 is 9.31 Å². The van der Waals surface area contributed by atoms with Gasteiger partial charge in [-0.1, -0.05) is 6.07 Å². The fourth-order valence-corrected chi connectivity index (χ4v) is 3.41. The predicted molar refractivity (Wildman–Crippen MR) is 107 cm³/mol. The minimum atomic E-state index is -0.672. The van der Waals surface area contributed by atoms with E-state index in [-0.39, 0.29) is 6.42 Å². The Morgan fingerprint density at radius 3 is 2.10 bits per heavy atom. The summed E-state index contributed by atoms with van der Waals surface area (Å²) in [4.78, 5) is 4.33. The van der Waals surface area contributed by atoms with Crippen LogP contribution in [-0.2, 0) is 15.7 Å². The zero-order valence-corrected chi connectivity index (χ0v) is 16.7. The van der Waals surface area contributed by atoms with Gasteiger partial charge in [-0.05, 0) is 63.0 Å². The molecule has 0 N–H and O–H groups in total. The fraction of sp³-hybridized carbons (Fsp3) is 0.318. The van der Waals surface area contributed by atoms with Crippen molar-refractivity contribution in [3.63, 3.8) is 0 Å². The van der Waals surface area contributed by atoms with Crippen molar-refractivity contribution in [1.82, 2.24) is 4.98 Å². The Labute approximate surface area is 168 Å². The Kier molecular flexibility index (Phi) is 4.71. The molecule has 2 aromatic carbocycles. The molecule has 1 aromatic heterocycles. The lowest BCUT2D eigenvalue weighted by molar-refractivity contribution is 0.00578. The molecule has 0 aliphatic carbocycles. The van der Waals surface area contributed by atoms with Gasteiger partial charge in [0, 0.05) is 35.2 Å². The Hall–Kier alpha value is -2.38. The van der Waals surface area contributed by atoms with Gasteiger partial charge in [-0.3, -0.25) is 4.98 Å². The summed E-state index contributed by atoms with van der Waals surface area (Å²) in [6.07, 6.45) is 1.75. The summed E-state index contributed by atoms with van der Waals surface area (Å²) in [7, 11) is -0.672. The molecule has 1 saturated heterocycles. The lowest BCUT2D eigenvalue weighted by Crippen LogP contribution is -2.41. The summed E-state index contributed by atoms with van der Waals surface area (Å²) in [5.74, 6) is -1.74. The lowest BCUT2D eigenvalue weighted by Gasteiger charge is -2.32. The van der Waals surface area contributed by atoms with Crippen molar-refractivity contribution in [3.05, 3.63) is 71.3 Å². The van der Waals surface area contributed by atoms with E-state index >= 15 is 0 Å². The first-order valence-electron chi connectivity index (χ1n) is 9.43. The van der Waals surface area contributed by atoms with Gasteiger partial charge in [0.05, 0.1) is 11.2 Å². The first kappa shape index (κ1) is 19.9. The van der Waals surface area contributed by atoms with E-state index in [9.17, 15) is 13.2 Å². The Bertz CT molecular complexity index is 1060. The highest BCUT2D eigenvalue weighted by atomic mass is 19.1. The highest BCUT2D eigenvalue weighted by molar-refractivity contribution is 6.62. The molecule has 2 heterocycles. The third-order valence-corrected chi connectivity index (χ3v) is 5.70. The third-order valence-electron chi connectivity index (χ3n) is 5.70. The Balaban J connectivity index is 1.65. The highest BCUT2D eigenvalue weighted by Gasteiger charge is 2.51. The first-order valence-corrected chi connectivity index (χ1v) is 9.43. The van der Waals surface area contributed by atoms with E-state index in [1.54, 1.807) is 18.3 Å². The molecule has 0 bridgehead atoms. The molecule has 0 amide bonds. The van der Waals surface area contributed by atoms with Gasteiger partial charge >= 0.3 is 7.12 Å². The van der Waals surface area contributed by atoms with E-state index < -0.39 is 35.8 Å². The monoisotopic (exact) mass is 399 g/mol. The molecule has 1 fully saturated rings. The molecule has 1 aliphatic rings. The van der Waals surface area contributed by atoms with E-state index in [0.29, 0.717) is 27.5 Å². The number of hydrogen-bond acceptors (Lipinski definition) is 3. The molecule has 0 atom stereocenters. The van der Waals surface area contributed by atoms with Gasteiger partial charge in [0.2, 0.25) is 0 Å². The van der Waals surface area contributed by atoms with Crippen LogP contribution in [-0.4, -0.2) is 23.3 Å². The number of aromatic nitrogens is 1. The van der Waals surface area contributed by atoms with E-state index in [1.165, 1.54) is 18.2 Å². The van der Waals surface area contributed by atoms with Crippen molar-refractivity contribution in [2.75, 3.05) is 0 Å². The number of pyridine rings is 1. The molecule has 0 spiro atoms. The van der Waals surface area contributed by atoms with Gasteiger partial charge in [-0.2, -0.15) is 0 Å². The fourth-order valence-electron chi connectivity index (χ4n) is 3.41. The van der Waals surface area contributed by atoms with E-state index in [2.05, 4.69) is 4.98 Å². The molecule has 0 saturated carbocycles. The van der Waals surface area contributed by atoms with Gasteiger partial charge in [0.1, 0.15) is 17.5 Å². The van der Waals surface area contributed by atoms with Crippen LogP contribution in [0.4, 0.5) is 13.2 Å². The molecule has 4 rings (SSSR count). The highest BCUT2D eigenvalue weighted by Crippen LogP contribution is 2.36. The maximum Gasteiger partial charge on any atom is 0.494 e. The standard InChI is InChI=1S/C22H21BF3NO2/c1-21(2)22(3,4)29-23(28-21)15-8-14-12-27-18(11-19(14)20(26)9-15)7-13-5-16(24)10-17(25)6-13/h5-6,8-12H,7H2,1-4H3. The van der Waals surface area contributed by atoms with Crippen LogP contribution in [0.25, 0.3) is 10.8 Å². The number of nitrogens with zero attached hydrogens (tertiary/aromatic N) is 1. The van der Waals surface area contributed by atoms with Crippen LogP contribution in [0.1, 0.15) is 39.0 Å². The predicted octanol–water partition coefficient (Wildman–Crippen LogP) is 4.54. The summed E-state index contributed by atoms with van der Waals surface area (Å²) in [6, 6.07) is 8.09. The second kappa shape index (κ2) is 6.85. The van der Waals surface area contributed by atoms with Crippen molar-refractivity contribution < 1.29 is 22.5 Å². The number of benzene rings is 2. The number of hydrogen-bond donors (Lipinski definition) is 0. The maximum atomic E-state index is 14.9. The summed E-state index contributed by atoms with van der Waals surface area (Å²) >= 11 is 0. The van der Waals surface area contributed by atoms with Crippen molar-refractivity contribution in [1.29, 1.82) is 0 Å². The topological polar surface area (TPSA) is 31.4 Å². The molecule has 7 heteroatoms. The quantitative estimate of drug-likeness (QED) is 0.606. The Morgan fingerprint density at radius 2 is 1.48 bits per heavy atom. The zero-order chi connectivity index (χ0) is 21.0. The molecule has 1 aliphatic heterocycles. The average Bonchev–Trinajstić information content (AvgIpc) is 2.82. The van der Waals surface area contributed by atoms with E-state index in [0.717, 1.165) is 6.07 Å². The van der Waals surface area contributed by atoms with Crippen LogP contribution >= 0.6 is 0 Å². The molecular formula is C22H21BF3NO2. The SMILES string of the molecule is CC1(C)OB(c2cc(F)c3cc(Cc4cc(F)cc(F)c4)ncc3c2)OC1(C)C. The molecule has 29 heavy (non-hydrogen) atoms. The van der Waals surface area contributed by atoms with Gasteiger partial charge in [-0.15, -0.1) is 0 Å². The minimum Gasteiger partial charge on any atom is -0.399 e. The third kappa shape index (κ3) is 3.77. The number of fused-ring (bicyclic) bond motifs is 1. The summed E-state index contributed by atoms with van der Waals surface area (Å²) < 4.78 is 53.7. The smallest absolute Gasteiger partial charge is 0.399 e. The van der Waals surface area contributed by atoms with Crippen molar-refractivity contribution in [2.24, 2.45) is 0 Å². The minimum absolute atomic E-state index is 0.197. The summed E-state index contributed by atoms with van der Waals surface area (Å²) in [5.41, 5.74) is 0.487. The molecule has 0 unspecified atom stereocenters. The maximum absolute atomic E-state index is 14.9. The van der Waals surface area contributed by atoms with Gasteiger partial charge in [0.15, 0.2) is 0 Å². The van der Waals surface area contributed by atoms with Crippen LogP contribution < -0.4 is 5.46 Å². The molecule has 3 nitrogen and oxygen atoms in total. The second-order valence-corrected chi connectivity index (χ2v) is 8.44. The largest absolute Gasteiger partial charge is 0.494 e. The van der Waals surface area contributed by atoms with Crippen LogP contribution in [0.15, 0.2) is 42.6 Å².